The fourth-order valence-corrected chi connectivity index (χ4v) is 2.16. The molecule has 2 nitrogen and oxygen atoms in total. The number of thioether (sulfide) groups is 1. The molecule has 1 aliphatic heterocycles. The summed E-state index contributed by atoms with van der Waals surface area (Å²) >= 11 is 1.69. The van der Waals surface area contributed by atoms with Crippen molar-refractivity contribution in [1.82, 2.24) is 0 Å². The number of rotatable bonds is 3. The first kappa shape index (κ1) is 8.11. The van der Waals surface area contributed by atoms with Crippen molar-refractivity contribution in [1.29, 1.82) is 0 Å². The molecule has 0 fully saturated rings. The quantitative estimate of drug-likeness (QED) is 0.635. The normalized spacial score (nSPS) is 31.4. The van der Waals surface area contributed by atoms with Crippen LogP contribution in [0.5, 0.6) is 0 Å². The third-order valence-electron chi connectivity index (χ3n) is 1.81. The van der Waals surface area contributed by atoms with Crippen LogP contribution in [0.15, 0.2) is 11.5 Å². The average Bonchev–Trinajstić information content (AvgIpc) is 2.39. The highest BCUT2D eigenvalue weighted by Crippen LogP contribution is 2.34. The van der Waals surface area contributed by atoms with Crippen molar-refractivity contribution >= 4 is 11.8 Å². The Morgan fingerprint density at radius 2 is 2.30 bits per heavy atom. The lowest BCUT2D eigenvalue weighted by atomic mass is 9.88. The molecule has 0 amide bonds. The summed E-state index contributed by atoms with van der Waals surface area (Å²) in [6.07, 6.45) is 2.67. The molecule has 0 saturated carbocycles. The SMILES string of the molecule is OCCC1(CO)C=CSC1. The molecular weight excluding hydrogens is 148 g/mol. The lowest BCUT2D eigenvalue weighted by Crippen LogP contribution is -2.24. The Bertz CT molecular complexity index is 136. The Hall–Kier alpha value is 0.01000. The number of hydrogen-bond acceptors (Lipinski definition) is 3. The molecule has 1 unspecified atom stereocenters. The van der Waals surface area contributed by atoms with Crippen molar-refractivity contribution < 1.29 is 10.2 Å². The Balaban J connectivity index is 2.50. The van der Waals surface area contributed by atoms with Crippen LogP contribution in [-0.4, -0.2) is 29.2 Å². The molecule has 1 heterocycles. The van der Waals surface area contributed by atoms with E-state index in [2.05, 4.69) is 0 Å². The molecule has 58 valence electrons. The third kappa shape index (κ3) is 1.54. The smallest absolute Gasteiger partial charge is 0.0531 e. The van der Waals surface area contributed by atoms with Gasteiger partial charge in [0.2, 0.25) is 0 Å². The maximum Gasteiger partial charge on any atom is 0.0531 e. The highest BCUT2D eigenvalue weighted by molar-refractivity contribution is 8.02. The standard InChI is InChI=1S/C7H12O2S/c8-3-1-7(5-9)2-4-10-6-7/h2,4,8-9H,1,3,5-6H2. The van der Waals surface area contributed by atoms with E-state index in [1.54, 1.807) is 11.8 Å². The first-order valence-corrected chi connectivity index (χ1v) is 4.39. The molecule has 0 radical (unpaired) electrons. The Kier molecular flexibility index (Phi) is 2.77. The van der Waals surface area contributed by atoms with Gasteiger partial charge in [-0.1, -0.05) is 6.08 Å². The predicted molar refractivity (Wildman–Crippen MR) is 42.8 cm³/mol. The minimum atomic E-state index is -0.126. The van der Waals surface area contributed by atoms with E-state index < -0.39 is 0 Å². The van der Waals surface area contributed by atoms with Crippen molar-refractivity contribution in [3.8, 4) is 0 Å². The van der Waals surface area contributed by atoms with Crippen LogP contribution < -0.4 is 0 Å². The second-order valence-electron chi connectivity index (χ2n) is 2.61. The summed E-state index contributed by atoms with van der Waals surface area (Å²) < 4.78 is 0. The summed E-state index contributed by atoms with van der Waals surface area (Å²) in [6, 6.07) is 0. The summed E-state index contributed by atoms with van der Waals surface area (Å²) in [5.41, 5.74) is -0.126. The summed E-state index contributed by atoms with van der Waals surface area (Å²) in [4.78, 5) is 0. The zero-order valence-electron chi connectivity index (χ0n) is 5.79. The lowest BCUT2D eigenvalue weighted by Gasteiger charge is -2.22. The van der Waals surface area contributed by atoms with E-state index in [0.717, 1.165) is 5.75 Å². The van der Waals surface area contributed by atoms with Gasteiger partial charge in [-0.05, 0) is 11.8 Å². The van der Waals surface area contributed by atoms with E-state index in [1.165, 1.54) is 0 Å². The highest BCUT2D eigenvalue weighted by atomic mass is 32.2. The van der Waals surface area contributed by atoms with E-state index in [9.17, 15) is 0 Å². The number of aliphatic hydroxyl groups excluding tert-OH is 2. The number of aliphatic hydroxyl groups is 2. The second kappa shape index (κ2) is 3.42. The monoisotopic (exact) mass is 160 g/mol. The molecule has 3 heteroatoms. The molecule has 0 aromatic heterocycles. The van der Waals surface area contributed by atoms with Gasteiger partial charge in [-0.3, -0.25) is 0 Å². The van der Waals surface area contributed by atoms with E-state index in [0.29, 0.717) is 6.42 Å². The first-order chi connectivity index (χ1) is 4.83. The molecule has 0 spiro atoms. The van der Waals surface area contributed by atoms with E-state index >= 15 is 0 Å². The van der Waals surface area contributed by atoms with Gasteiger partial charge in [0.25, 0.3) is 0 Å². The maximum atomic E-state index is 8.97. The molecule has 1 rings (SSSR count). The summed E-state index contributed by atoms with van der Waals surface area (Å²) in [6.45, 7) is 0.308. The van der Waals surface area contributed by atoms with Crippen molar-refractivity contribution in [2.45, 2.75) is 6.42 Å². The molecule has 10 heavy (non-hydrogen) atoms. The summed E-state index contributed by atoms with van der Waals surface area (Å²) in [5, 5.41) is 19.6. The van der Waals surface area contributed by atoms with Crippen LogP contribution in [0.4, 0.5) is 0 Å². The molecule has 2 N–H and O–H groups in total. The van der Waals surface area contributed by atoms with Crippen molar-refractivity contribution in [3.63, 3.8) is 0 Å². The van der Waals surface area contributed by atoms with Crippen molar-refractivity contribution in [2.75, 3.05) is 19.0 Å². The Morgan fingerprint density at radius 3 is 2.70 bits per heavy atom. The molecular formula is C7H12O2S. The van der Waals surface area contributed by atoms with Gasteiger partial charge < -0.3 is 10.2 Å². The topological polar surface area (TPSA) is 40.5 Å². The Labute approximate surface area is 64.9 Å². The van der Waals surface area contributed by atoms with E-state index in [1.807, 2.05) is 11.5 Å². The predicted octanol–water partition coefficient (Wildman–Crippen LogP) is 0.608. The fourth-order valence-electron chi connectivity index (χ4n) is 1.01. The van der Waals surface area contributed by atoms with Crippen LogP contribution in [0.2, 0.25) is 0 Å². The zero-order chi connectivity index (χ0) is 7.45. The van der Waals surface area contributed by atoms with Crippen molar-refractivity contribution in [3.05, 3.63) is 11.5 Å². The molecule has 0 bridgehead atoms. The van der Waals surface area contributed by atoms with Gasteiger partial charge in [0, 0.05) is 17.8 Å². The second-order valence-corrected chi connectivity index (χ2v) is 3.50. The highest BCUT2D eigenvalue weighted by Gasteiger charge is 2.28. The largest absolute Gasteiger partial charge is 0.396 e. The van der Waals surface area contributed by atoms with Gasteiger partial charge in [-0.25, -0.2) is 0 Å². The molecule has 0 aliphatic carbocycles. The zero-order valence-corrected chi connectivity index (χ0v) is 6.60. The molecule has 0 aromatic carbocycles. The van der Waals surface area contributed by atoms with Crippen LogP contribution in [0.1, 0.15) is 6.42 Å². The summed E-state index contributed by atoms with van der Waals surface area (Å²) in [7, 11) is 0. The minimum Gasteiger partial charge on any atom is -0.396 e. The lowest BCUT2D eigenvalue weighted by molar-refractivity contribution is 0.149. The van der Waals surface area contributed by atoms with Gasteiger partial charge >= 0.3 is 0 Å². The molecule has 0 aromatic rings. The molecule has 1 aliphatic rings. The third-order valence-corrected chi connectivity index (χ3v) is 2.88. The van der Waals surface area contributed by atoms with Crippen LogP contribution in [0.25, 0.3) is 0 Å². The molecule has 0 saturated heterocycles. The van der Waals surface area contributed by atoms with E-state index in [4.69, 9.17) is 10.2 Å². The van der Waals surface area contributed by atoms with E-state index in [-0.39, 0.29) is 18.6 Å². The summed E-state index contributed by atoms with van der Waals surface area (Å²) in [5.74, 6) is 0.907. The van der Waals surface area contributed by atoms with Crippen LogP contribution >= 0.6 is 11.8 Å². The van der Waals surface area contributed by atoms with Gasteiger partial charge in [-0.15, -0.1) is 11.8 Å². The minimum absolute atomic E-state index is 0.126. The molecule has 1 atom stereocenters. The average molecular weight is 160 g/mol. The maximum absolute atomic E-state index is 8.97. The fraction of sp³-hybridized carbons (Fsp3) is 0.714. The van der Waals surface area contributed by atoms with Crippen LogP contribution in [0.3, 0.4) is 0 Å². The van der Waals surface area contributed by atoms with Crippen LogP contribution in [0, 0.1) is 5.41 Å². The van der Waals surface area contributed by atoms with Gasteiger partial charge in [0.15, 0.2) is 0 Å². The number of hydrogen-bond donors (Lipinski definition) is 2. The first-order valence-electron chi connectivity index (χ1n) is 3.34. The van der Waals surface area contributed by atoms with Gasteiger partial charge in [0.05, 0.1) is 6.61 Å². The van der Waals surface area contributed by atoms with Gasteiger partial charge in [0.1, 0.15) is 0 Å². The Morgan fingerprint density at radius 1 is 1.50 bits per heavy atom. The van der Waals surface area contributed by atoms with Crippen molar-refractivity contribution in [2.24, 2.45) is 5.41 Å². The van der Waals surface area contributed by atoms with Crippen LogP contribution in [-0.2, 0) is 0 Å². The van der Waals surface area contributed by atoms with Gasteiger partial charge in [-0.2, -0.15) is 0 Å².